The van der Waals surface area contributed by atoms with E-state index in [1.807, 2.05) is 13.8 Å². The molecule has 2 fully saturated rings. The molecule has 1 aliphatic heterocycles. The molecule has 0 aromatic heterocycles. The summed E-state index contributed by atoms with van der Waals surface area (Å²) in [6, 6.07) is -0.361. The van der Waals surface area contributed by atoms with Gasteiger partial charge in [0.1, 0.15) is 0 Å². The molecule has 2 atom stereocenters. The Kier molecular flexibility index (Phi) is 5.54. The van der Waals surface area contributed by atoms with E-state index in [2.05, 4.69) is 5.32 Å². The average Bonchev–Trinajstić information content (AvgIpc) is 3.03. The molecule has 5 heteroatoms. The second-order valence-corrected chi connectivity index (χ2v) is 5.85. The van der Waals surface area contributed by atoms with Gasteiger partial charge in [-0.2, -0.15) is 0 Å². The normalized spacial score (nSPS) is 25.7. The number of ether oxygens (including phenoxy) is 1. The zero-order chi connectivity index (χ0) is 14.5. The SMILES string of the molecule is CCC(C)N1C(=O)CC(NCCOC2CCCC2)C1=O. The lowest BCUT2D eigenvalue weighted by atomic mass is 10.2. The first-order valence-corrected chi connectivity index (χ1v) is 7.84. The van der Waals surface area contributed by atoms with Gasteiger partial charge in [-0.15, -0.1) is 0 Å². The van der Waals surface area contributed by atoms with Crippen LogP contribution in [0.4, 0.5) is 0 Å². The van der Waals surface area contributed by atoms with Gasteiger partial charge >= 0.3 is 0 Å². The Labute approximate surface area is 121 Å². The fourth-order valence-electron chi connectivity index (χ4n) is 2.97. The topological polar surface area (TPSA) is 58.6 Å². The minimum Gasteiger partial charge on any atom is -0.377 e. The van der Waals surface area contributed by atoms with Crippen molar-refractivity contribution in [2.24, 2.45) is 0 Å². The van der Waals surface area contributed by atoms with Crippen molar-refractivity contribution in [3.63, 3.8) is 0 Å². The van der Waals surface area contributed by atoms with Gasteiger partial charge in [-0.25, -0.2) is 0 Å². The molecular weight excluding hydrogens is 256 g/mol. The Morgan fingerprint density at radius 1 is 1.35 bits per heavy atom. The number of carbonyl (C=O) groups is 2. The molecule has 1 saturated heterocycles. The molecule has 1 aliphatic carbocycles. The number of hydrogen-bond donors (Lipinski definition) is 1. The van der Waals surface area contributed by atoms with Gasteiger partial charge in [0.05, 0.1) is 25.2 Å². The Morgan fingerprint density at radius 3 is 2.70 bits per heavy atom. The quantitative estimate of drug-likeness (QED) is 0.567. The maximum atomic E-state index is 12.2. The van der Waals surface area contributed by atoms with Gasteiger partial charge in [0.2, 0.25) is 11.8 Å². The third-order valence-electron chi connectivity index (χ3n) is 4.36. The second kappa shape index (κ2) is 7.18. The van der Waals surface area contributed by atoms with Crippen LogP contribution >= 0.6 is 0 Å². The summed E-state index contributed by atoms with van der Waals surface area (Å²) in [5.74, 6) is -0.135. The van der Waals surface area contributed by atoms with E-state index in [1.165, 1.54) is 17.7 Å². The van der Waals surface area contributed by atoms with Crippen LogP contribution < -0.4 is 5.32 Å². The van der Waals surface area contributed by atoms with E-state index in [9.17, 15) is 9.59 Å². The van der Waals surface area contributed by atoms with E-state index >= 15 is 0 Å². The summed E-state index contributed by atoms with van der Waals surface area (Å²) in [6.45, 7) is 5.16. The molecule has 1 heterocycles. The summed E-state index contributed by atoms with van der Waals surface area (Å²) >= 11 is 0. The largest absolute Gasteiger partial charge is 0.377 e. The molecule has 0 bridgehead atoms. The highest BCUT2D eigenvalue weighted by atomic mass is 16.5. The fourth-order valence-corrected chi connectivity index (χ4v) is 2.97. The van der Waals surface area contributed by atoms with Gasteiger partial charge < -0.3 is 10.1 Å². The molecule has 2 rings (SSSR count). The van der Waals surface area contributed by atoms with E-state index < -0.39 is 0 Å². The third-order valence-corrected chi connectivity index (χ3v) is 4.36. The van der Waals surface area contributed by atoms with Crippen LogP contribution in [-0.4, -0.2) is 48.1 Å². The van der Waals surface area contributed by atoms with Gasteiger partial charge in [0, 0.05) is 12.6 Å². The Morgan fingerprint density at radius 2 is 2.05 bits per heavy atom. The van der Waals surface area contributed by atoms with Crippen molar-refractivity contribution in [3.8, 4) is 0 Å². The molecule has 0 radical (unpaired) electrons. The molecule has 1 saturated carbocycles. The van der Waals surface area contributed by atoms with E-state index in [4.69, 9.17) is 4.74 Å². The summed E-state index contributed by atoms with van der Waals surface area (Å²) in [7, 11) is 0. The number of rotatable bonds is 7. The van der Waals surface area contributed by atoms with Crippen LogP contribution in [0.25, 0.3) is 0 Å². The second-order valence-electron chi connectivity index (χ2n) is 5.85. The van der Waals surface area contributed by atoms with Crippen LogP contribution in [0.15, 0.2) is 0 Å². The van der Waals surface area contributed by atoms with Crippen molar-refractivity contribution in [1.29, 1.82) is 0 Å². The van der Waals surface area contributed by atoms with Crippen molar-refractivity contribution in [2.45, 2.75) is 70.6 Å². The molecule has 0 aromatic rings. The first-order chi connectivity index (χ1) is 9.63. The monoisotopic (exact) mass is 282 g/mol. The van der Waals surface area contributed by atoms with Crippen LogP contribution in [0.1, 0.15) is 52.4 Å². The molecule has 0 aromatic carbocycles. The van der Waals surface area contributed by atoms with E-state index in [0.717, 1.165) is 19.3 Å². The zero-order valence-electron chi connectivity index (χ0n) is 12.6. The van der Waals surface area contributed by atoms with Crippen molar-refractivity contribution >= 4 is 11.8 Å². The lowest BCUT2D eigenvalue weighted by Gasteiger charge is -2.21. The Bertz CT molecular complexity index is 353. The van der Waals surface area contributed by atoms with Crippen molar-refractivity contribution < 1.29 is 14.3 Å². The molecule has 20 heavy (non-hydrogen) atoms. The first kappa shape index (κ1) is 15.4. The van der Waals surface area contributed by atoms with Crippen molar-refractivity contribution in [3.05, 3.63) is 0 Å². The van der Waals surface area contributed by atoms with Crippen LogP contribution in [0, 0.1) is 0 Å². The molecule has 1 N–H and O–H groups in total. The van der Waals surface area contributed by atoms with Crippen LogP contribution in [0.3, 0.4) is 0 Å². The summed E-state index contributed by atoms with van der Waals surface area (Å²) in [4.78, 5) is 25.5. The number of likely N-dealkylation sites (tertiary alicyclic amines) is 1. The Hall–Kier alpha value is -0.940. The standard InChI is InChI=1S/C15H26N2O3/c1-3-11(2)17-14(18)10-13(15(17)19)16-8-9-20-12-6-4-5-7-12/h11-13,16H,3-10H2,1-2H3. The maximum Gasteiger partial charge on any atom is 0.247 e. The molecule has 2 amide bonds. The smallest absolute Gasteiger partial charge is 0.247 e. The number of hydrogen-bond acceptors (Lipinski definition) is 4. The highest BCUT2D eigenvalue weighted by Gasteiger charge is 2.40. The van der Waals surface area contributed by atoms with E-state index in [1.54, 1.807) is 0 Å². The Balaban J connectivity index is 1.70. The summed E-state index contributed by atoms with van der Waals surface area (Å²) in [5, 5.41) is 3.16. The molecule has 114 valence electrons. The summed E-state index contributed by atoms with van der Waals surface area (Å²) in [6.07, 6.45) is 6.32. The van der Waals surface area contributed by atoms with Crippen molar-refractivity contribution in [2.75, 3.05) is 13.2 Å². The van der Waals surface area contributed by atoms with Crippen molar-refractivity contribution in [1.82, 2.24) is 10.2 Å². The zero-order valence-corrected chi connectivity index (χ0v) is 12.6. The van der Waals surface area contributed by atoms with E-state index in [0.29, 0.717) is 19.3 Å². The minimum atomic E-state index is -0.358. The minimum absolute atomic E-state index is 0.00320. The first-order valence-electron chi connectivity index (χ1n) is 7.84. The van der Waals surface area contributed by atoms with Crippen LogP contribution in [0.2, 0.25) is 0 Å². The van der Waals surface area contributed by atoms with Gasteiger partial charge in [0.15, 0.2) is 0 Å². The van der Waals surface area contributed by atoms with Gasteiger partial charge in [0.25, 0.3) is 0 Å². The average molecular weight is 282 g/mol. The molecule has 0 spiro atoms. The predicted molar refractivity (Wildman–Crippen MR) is 76.2 cm³/mol. The molecule has 2 aliphatic rings. The number of imide groups is 1. The van der Waals surface area contributed by atoms with E-state index in [-0.39, 0.29) is 30.3 Å². The highest BCUT2D eigenvalue weighted by Crippen LogP contribution is 2.21. The van der Waals surface area contributed by atoms with Gasteiger partial charge in [-0.1, -0.05) is 19.8 Å². The van der Waals surface area contributed by atoms with Crippen LogP contribution in [0.5, 0.6) is 0 Å². The number of carbonyl (C=O) groups excluding carboxylic acids is 2. The fraction of sp³-hybridized carbons (Fsp3) is 0.867. The van der Waals surface area contributed by atoms with Gasteiger partial charge in [-0.05, 0) is 26.2 Å². The number of nitrogens with one attached hydrogen (secondary N) is 1. The molecule has 2 unspecified atom stereocenters. The van der Waals surface area contributed by atoms with Gasteiger partial charge in [-0.3, -0.25) is 14.5 Å². The maximum absolute atomic E-state index is 12.2. The number of nitrogens with zero attached hydrogens (tertiary/aromatic N) is 1. The molecule has 5 nitrogen and oxygen atoms in total. The third kappa shape index (κ3) is 3.58. The number of amides is 2. The predicted octanol–water partition coefficient (Wildman–Crippen LogP) is 1.46. The molecular formula is C15H26N2O3. The summed E-state index contributed by atoms with van der Waals surface area (Å²) in [5.41, 5.74) is 0. The summed E-state index contributed by atoms with van der Waals surface area (Å²) < 4.78 is 5.75. The lowest BCUT2D eigenvalue weighted by molar-refractivity contribution is -0.141. The lowest BCUT2D eigenvalue weighted by Crippen LogP contribution is -2.43. The highest BCUT2D eigenvalue weighted by molar-refractivity contribution is 6.05. The van der Waals surface area contributed by atoms with Crippen LogP contribution in [-0.2, 0) is 14.3 Å².